The molecule has 0 saturated carbocycles. The van der Waals surface area contributed by atoms with E-state index in [0.29, 0.717) is 24.7 Å². The minimum Gasteiger partial charge on any atom is -0.481 e. The van der Waals surface area contributed by atoms with Gasteiger partial charge in [-0.15, -0.1) is 0 Å². The fourth-order valence-corrected chi connectivity index (χ4v) is 1.90. The van der Waals surface area contributed by atoms with E-state index in [4.69, 9.17) is 9.63 Å². The Hall–Kier alpha value is -1.92. The van der Waals surface area contributed by atoms with Crippen LogP contribution in [0.5, 0.6) is 0 Å². The normalized spacial score (nSPS) is 12.1. The number of carbonyl (C=O) groups is 2. The monoisotopic (exact) mass is 297 g/mol. The quantitative estimate of drug-likeness (QED) is 0.742. The molecular formula is C14H23N3O4. The van der Waals surface area contributed by atoms with Crippen LogP contribution in [0.25, 0.3) is 0 Å². The molecule has 1 unspecified atom stereocenters. The van der Waals surface area contributed by atoms with E-state index in [2.05, 4.69) is 10.1 Å². The van der Waals surface area contributed by atoms with Gasteiger partial charge in [0.25, 0.3) is 0 Å². The number of aryl methyl sites for hydroxylation is 2. The van der Waals surface area contributed by atoms with Crippen LogP contribution in [0, 0.1) is 5.92 Å². The maximum Gasteiger partial charge on any atom is 0.308 e. The van der Waals surface area contributed by atoms with Crippen molar-refractivity contribution in [1.29, 1.82) is 0 Å². The Bertz CT molecular complexity index is 473. The highest BCUT2D eigenvalue weighted by Gasteiger charge is 2.19. The molecule has 1 N–H and O–H groups in total. The van der Waals surface area contributed by atoms with Crippen molar-refractivity contribution in [2.45, 2.75) is 46.5 Å². The topological polar surface area (TPSA) is 96.5 Å². The first-order chi connectivity index (χ1) is 9.97. The zero-order chi connectivity index (χ0) is 15.8. The second-order valence-corrected chi connectivity index (χ2v) is 5.03. The maximum absolute atomic E-state index is 12.1. The predicted octanol–water partition coefficient (Wildman–Crippen LogP) is 1.52. The van der Waals surface area contributed by atoms with E-state index in [1.165, 1.54) is 0 Å². The molecule has 0 saturated heterocycles. The summed E-state index contributed by atoms with van der Waals surface area (Å²) in [5.41, 5.74) is 0. The van der Waals surface area contributed by atoms with E-state index in [0.717, 1.165) is 12.8 Å². The third-order valence-electron chi connectivity index (χ3n) is 3.19. The first kappa shape index (κ1) is 17.1. The molecule has 0 aliphatic rings. The fraction of sp³-hybridized carbons (Fsp3) is 0.714. The smallest absolute Gasteiger partial charge is 0.308 e. The van der Waals surface area contributed by atoms with Crippen LogP contribution in [-0.2, 0) is 22.4 Å². The van der Waals surface area contributed by atoms with Crippen LogP contribution in [0.1, 0.15) is 45.3 Å². The molecule has 0 fully saturated rings. The lowest BCUT2D eigenvalue weighted by atomic mass is 10.1. The largest absolute Gasteiger partial charge is 0.481 e. The van der Waals surface area contributed by atoms with Gasteiger partial charge in [0, 0.05) is 32.4 Å². The number of nitrogens with zero attached hydrogens (tertiary/aromatic N) is 3. The summed E-state index contributed by atoms with van der Waals surface area (Å²) in [5.74, 6) is -0.461. The van der Waals surface area contributed by atoms with Gasteiger partial charge in [0.2, 0.25) is 11.8 Å². The van der Waals surface area contributed by atoms with Gasteiger partial charge in [-0.25, -0.2) is 0 Å². The molecule has 21 heavy (non-hydrogen) atoms. The summed E-state index contributed by atoms with van der Waals surface area (Å²) in [4.78, 5) is 28.7. The standard InChI is InChI=1S/C14H23N3O4/c1-4-6-11-15-12(21-16-11)7-8-13(18)17(5-2)9-10(3)14(19)20/h10H,4-9H2,1-3H3,(H,19,20). The van der Waals surface area contributed by atoms with Gasteiger partial charge < -0.3 is 14.5 Å². The Morgan fingerprint density at radius 3 is 2.62 bits per heavy atom. The van der Waals surface area contributed by atoms with Crippen molar-refractivity contribution in [2.24, 2.45) is 5.92 Å². The first-order valence-corrected chi connectivity index (χ1v) is 7.29. The molecule has 1 rings (SSSR count). The number of aromatic nitrogens is 2. The van der Waals surface area contributed by atoms with Crippen molar-refractivity contribution in [1.82, 2.24) is 15.0 Å². The summed E-state index contributed by atoms with van der Waals surface area (Å²) in [5, 5.41) is 12.7. The minimum absolute atomic E-state index is 0.0964. The van der Waals surface area contributed by atoms with Gasteiger partial charge in [0.1, 0.15) is 0 Å². The van der Waals surface area contributed by atoms with Gasteiger partial charge in [-0.05, 0) is 13.3 Å². The predicted molar refractivity (Wildman–Crippen MR) is 75.7 cm³/mol. The molecule has 0 spiro atoms. The van der Waals surface area contributed by atoms with Crippen molar-refractivity contribution in [3.8, 4) is 0 Å². The fourth-order valence-electron chi connectivity index (χ4n) is 1.90. The Balaban J connectivity index is 2.48. The van der Waals surface area contributed by atoms with Gasteiger partial charge in [0.15, 0.2) is 5.82 Å². The number of carbonyl (C=O) groups excluding carboxylic acids is 1. The minimum atomic E-state index is -0.901. The highest BCUT2D eigenvalue weighted by Crippen LogP contribution is 2.07. The number of carboxylic acid groups (broad SMARTS) is 1. The number of hydrogen-bond acceptors (Lipinski definition) is 5. The van der Waals surface area contributed by atoms with E-state index >= 15 is 0 Å². The van der Waals surface area contributed by atoms with E-state index < -0.39 is 11.9 Å². The molecule has 0 aromatic carbocycles. The van der Waals surface area contributed by atoms with Crippen molar-refractivity contribution in [3.63, 3.8) is 0 Å². The van der Waals surface area contributed by atoms with Crippen LogP contribution in [-0.4, -0.2) is 45.1 Å². The van der Waals surface area contributed by atoms with Gasteiger partial charge >= 0.3 is 5.97 Å². The van der Waals surface area contributed by atoms with E-state index in [-0.39, 0.29) is 18.9 Å². The molecule has 0 aliphatic heterocycles. The number of carboxylic acids is 1. The van der Waals surface area contributed by atoms with Crippen molar-refractivity contribution in [2.75, 3.05) is 13.1 Å². The molecule has 7 heteroatoms. The van der Waals surface area contributed by atoms with E-state index in [1.807, 2.05) is 13.8 Å². The Morgan fingerprint density at radius 2 is 2.05 bits per heavy atom. The van der Waals surface area contributed by atoms with Crippen molar-refractivity contribution >= 4 is 11.9 Å². The molecule has 0 aliphatic carbocycles. The summed E-state index contributed by atoms with van der Waals surface area (Å²) >= 11 is 0. The summed E-state index contributed by atoms with van der Waals surface area (Å²) in [6.07, 6.45) is 2.32. The molecule has 118 valence electrons. The summed E-state index contributed by atoms with van der Waals surface area (Å²) in [6.45, 7) is 6.16. The molecule has 1 heterocycles. The molecule has 0 bridgehead atoms. The highest BCUT2D eigenvalue weighted by atomic mass is 16.5. The molecule has 1 aromatic heterocycles. The van der Waals surface area contributed by atoms with Gasteiger partial charge in [0.05, 0.1) is 5.92 Å². The molecular weight excluding hydrogens is 274 g/mol. The highest BCUT2D eigenvalue weighted by molar-refractivity contribution is 5.77. The average Bonchev–Trinajstić information content (AvgIpc) is 2.89. The molecule has 1 aromatic rings. The third kappa shape index (κ3) is 5.53. The van der Waals surface area contributed by atoms with Crippen LogP contribution < -0.4 is 0 Å². The maximum atomic E-state index is 12.1. The van der Waals surface area contributed by atoms with E-state index in [1.54, 1.807) is 11.8 Å². The zero-order valence-corrected chi connectivity index (χ0v) is 12.8. The number of aliphatic carboxylic acids is 1. The summed E-state index contributed by atoms with van der Waals surface area (Å²) < 4.78 is 5.07. The van der Waals surface area contributed by atoms with Gasteiger partial charge in [-0.3, -0.25) is 9.59 Å². The lowest BCUT2D eigenvalue weighted by molar-refractivity contribution is -0.143. The number of hydrogen-bond donors (Lipinski definition) is 1. The molecule has 7 nitrogen and oxygen atoms in total. The number of amides is 1. The van der Waals surface area contributed by atoms with Crippen LogP contribution >= 0.6 is 0 Å². The Morgan fingerprint density at radius 1 is 1.33 bits per heavy atom. The average molecular weight is 297 g/mol. The van der Waals surface area contributed by atoms with Crippen molar-refractivity contribution < 1.29 is 19.2 Å². The van der Waals surface area contributed by atoms with Crippen LogP contribution in [0.15, 0.2) is 4.52 Å². The van der Waals surface area contributed by atoms with Crippen LogP contribution in [0.4, 0.5) is 0 Å². The molecule has 0 radical (unpaired) electrons. The third-order valence-corrected chi connectivity index (χ3v) is 3.19. The SMILES string of the molecule is CCCc1noc(CCC(=O)N(CC)CC(C)C(=O)O)n1. The summed E-state index contributed by atoms with van der Waals surface area (Å²) in [7, 11) is 0. The second-order valence-electron chi connectivity index (χ2n) is 5.03. The molecule has 1 amide bonds. The lowest BCUT2D eigenvalue weighted by Crippen LogP contribution is -2.36. The Kier molecular flexibility index (Phi) is 6.84. The molecule has 1 atom stereocenters. The van der Waals surface area contributed by atoms with Crippen LogP contribution in [0.3, 0.4) is 0 Å². The van der Waals surface area contributed by atoms with Gasteiger partial charge in [-0.2, -0.15) is 4.98 Å². The summed E-state index contributed by atoms with van der Waals surface area (Å²) in [6, 6.07) is 0. The Labute approximate surface area is 124 Å². The first-order valence-electron chi connectivity index (χ1n) is 7.29. The van der Waals surface area contributed by atoms with Gasteiger partial charge in [-0.1, -0.05) is 19.0 Å². The van der Waals surface area contributed by atoms with Crippen LogP contribution in [0.2, 0.25) is 0 Å². The van der Waals surface area contributed by atoms with Crippen molar-refractivity contribution in [3.05, 3.63) is 11.7 Å². The zero-order valence-electron chi connectivity index (χ0n) is 12.8. The second kappa shape index (κ2) is 8.39. The lowest BCUT2D eigenvalue weighted by Gasteiger charge is -2.22. The number of rotatable bonds is 9. The van der Waals surface area contributed by atoms with E-state index in [9.17, 15) is 9.59 Å².